The lowest BCUT2D eigenvalue weighted by atomic mass is 10.2. The highest BCUT2D eigenvalue weighted by Gasteiger charge is 2.17. The summed E-state index contributed by atoms with van der Waals surface area (Å²) >= 11 is 0. The number of ether oxygens (including phenoxy) is 2. The van der Waals surface area contributed by atoms with Crippen molar-refractivity contribution in [2.24, 2.45) is 0 Å². The molecule has 0 atom stereocenters. The Balaban J connectivity index is 1.71. The topological polar surface area (TPSA) is 104 Å². The van der Waals surface area contributed by atoms with Crippen LogP contribution in [-0.2, 0) is 16.0 Å². The van der Waals surface area contributed by atoms with Gasteiger partial charge in [-0.3, -0.25) is 9.59 Å². The molecule has 0 unspecified atom stereocenters. The SMILES string of the molecule is COCCn1c(=O)c2cc(C(=O)Nc3ccc(C(=O)OC)cc3)nn2c2ccccc21. The second kappa shape index (κ2) is 8.41. The van der Waals surface area contributed by atoms with Crippen molar-refractivity contribution in [1.82, 2.24) is 14.2 Å². The van der Waals surface area contributed by atoms with Crippen LogP contribution in [0.15, 0.2) is 59.4 Å². The number of para-hydroxylation sites is 2. The number of methoxy groups -OCH3 is 2. The average molecular weight is 420 g/mol. The van der Waals surface area contributed by atoms with Gasteiger partial charge < -0.3 is 19.4 Å². The van der Waals surface area contributed by atoms with Gasteiger partial charge in [0.25, 0.3) is 11.5 Å². The van der Waals surface area contributed by atoms with E-state index >= 15 is 0 Å². The summed E-state index contributed by atoms with van der Waals surface area (Å²) in [5.74, 6) is -0.934. The molecule has 2 heterocycles. The summed E-state index contributed by atoms with van der Waals surface area (Å²) in [5.41, 5.74) is 2.39. The van der Waals surface area contributed by atoms with Crippen molar-refractivity contribution in [2.75, 3.05) is 26.1 Å². The molecule has 0 aliphatic rings. The van der Waals surface area contributed by atoms with Crippen LogP contribution in [0.5, 0.6) is 0 Å². The van der Waals surface area contributed by atoms with E-state index in [1.807, 2.05) is 24.3 Å². The number of benzene rings is 2. The number of anilines is 1. The predicted octanol–water partition coefficient (Wildman–Crippen LogP) is 2.33. The van der Waals surface area contributed by atoms with Gasteiger partial charge in [0.2, 0.25) is 0 Å². The Morgan fingerprint density at radius 2 is 1.71 bits per heavy atom. The molecule has 0 saturated carbocycles. The van der Waals surface area contributed by atoms with Gasteiger partial charge in [0.1, 0.15) is 5.52 Å². The second-order valence-electron chi connectivity index (χ2n) is 6.79. The molecule has 2 aromatic carbocycles. The third-order valence-corrected chi connectivity index (χ3v) is 4.89. The Hall–Kier alpha value is -3.98. The average Bonchev–Trinajstić information content (AvgIpc) is 3.25. The minimum atomic E-state index is -0.471. The van der Waals surface area contributed by atoms with Gasteiger partial charge in [-0.1, -0.05) is 12.1 Å². The van der Waals surface area contributed by atoms with Crippen LogP contribution < -0.4 is 10.9 Å². The van der Waals surface area contributed by atoms with Crippen LogP contribution in [0.3, 0.4) is 0 Å². The lowest BCUT2D eigenvalue weighted by Crippen LogP contribution is -2.24. The van der Waals surface area contributed by atoms with Crippen molar-refractivity contribution < 1.29 is 19.1 Å². The first-order valence-corrected chi connectivity index (χ1v) is 9.53. The van der Waals surface area contributed by atoms with Gasteiger partial charge in [-0.15, -0.1) is 0 Å². The Morgan fingerprint density at radius 3 is 2.39 bits per heavy atom. The third-order valence-electron chi connectivity index (χ3n) is 4.89. The van der Waals surface area contributed by atoms with E-state index in [0.29, 0.717) is 41.0 Å². The van der Waals surface area contributed by atoms with Crippen LogP contribution in [-0.4, -0.2) is 46.9 Å². The van der Waals surface area contributed by atoms with Crippen LogP contribution in [0.1, 0.15) is 20.8 Å². The van der Waals surface area contributed by atoms with Crippen LogP contribution in [0, 0.1) is 0 Å². The van der Waals surface area contributed by atoms with Crippen LogP contribution in [0.2, 0.25) is 0 Å². The van der Waals surface area contributed by atoms with E-state index in [2.05, 4.69) is 15.2 Å². The number of carbonyl (C=O) groups is 2. The number of nitrogens with zero attached hydrogens (tertiary/aromatic N) is 3. The molecular formula is C22H20N4O5. The molecule has 1 N–H and O–H groups in total. The van der Waals surface area contributed by atoms with Crippen molar-refractivity contribution in [3.8, 4) is 0 Å². The summed E-state index contributed by atoms with van der Waals surface area (Å²) in [4.78, 5) is 37.3. The molecule has 0 saturated heterocycles. The first kappa shape index (κ1) is 20.3. The summed E-state index contributed by atoms with van der Waals surface area (Å²) in [6, 6.07) is 15.1. The van der Waals surface area contributed by atoms with E-state index in [1.54, 1.807) is 35.9 Å². The highest BCUT2D eigenvalue weighted by molar-refractivity contribution is 6.04. The van der Waals surface area contributed by atoms with E-state index in [-0.39, 0.29) is 11.3 Å². The molecule has 0 aliphatic heterocycles. The fraction of sp³-hybridized carbons (Fsp3) is 0.182. The zero-order chi connectivity index (χ0) is 22.0. The Labute approximate surface area is 176 Å². The largest absolute Gasteiger partial charge is 0.465 e. The smallest absolute Gasteiger partial charge is 0.337 e. The normalized spacial score (nSPS) is 11.0. The maximum atomic E-state index is 13.0. The standard InChI is InChI=1S/C22H20N4O5/c1-30-12-11-25-17-5-3-4-6-18(17)26-19(21(25)28)13-16(24-26)20(27)23-15-9-7-14(8-10-15)22(29)31-2/h3-10,13H,11-12H2,1-2H3,(H,23,27). The summed E-state index contributed by atoms with van der Waals surface area (Å²) in [5, 5.41) is 7.09. The van der Waals surface area contributed by atoms with E-state index in [1.165, 1.54) is 17.7 Å². The molecule has 9 heteroatoms. The molecule has 0 spiro atoms. The molecule has 9 nitrogen and oxygen atoms in total. The van der Waals surface area contributed by atoms with Crippen LogP contribution in [0.25, 0.3) is 16.6 Å². The fourth-order valence-corrected chi connectivity index (χ4v) is 3.35. The quantitative estimate of drug-likeness (QED) is 0.480. The molecule has 2 aromatic heterocycles. The lowest BCUT2D eigenvalue weighted by molar-refractivity contribution is 0.0600. The first-order chi connectivity index (χ1) is 15.0. The Kier molecular flexibility index (Phi) is 5.50. The Morgan fingerprint density at radius 1 is 1.00 bits per heavy atom. The molecule has 31 heavy (non-hydrogen) atoms. The van der Waals surface area contributed by atoms with Gasteiger partial charge >= 0.3 is 5.97 Å². The van der Waals surface area contributed by atoms with Gasteiger partial charge in [0, 0.05) is 25.4 Å². The lowest BCUT2D eigenvalue weighted by Gasteiger charge is -2.11. The van der Waals surface area contributed by atoms with E-state index < -0.39 is 11.9 Å². The van der Waals surface area contributed by atoms with E-state index in [4.69, 9.17) is 4.74 Å². The number of rotatable bonds is 6. The number of hydrogen-bond acceptors (Lipinski definition) is 6. The Bertz CT molecular complexity index is 1340. The molecule has 0 bridgehead atoms. The summed E-state index contributed by atoms with van der Waals surface area (Å²) in [7, 11) is 2.87. The van der Waals surface area contributed by atoms with Crippen molar-refractivity contribution in [2.45, 2.75) is 6.54 Å². The van der Waals surface area contributed by atoms with Crippen LogP contribution >= 0.6 is 0 Å². The first-order valence-electron chi connectivity index (χ1n) is 9.53. The van der Waals surface area contributed by atoms with Crippen molar-refractivity contribution in [3.05, 3.63) is 76.2 Å². The number of esters is 1. The van der Waals surface area contributed by atoms with Crippen molar-refractivity contribution in [3.63, 3.8) is 0 Å². The number of amides is 1. The predicted molar refractivity (Wildman–Crippen MR) is 115 cm³/mol. The molecule has 0 radical (unpaired) electrons. The maximum absolute atomic E-state index is 13.0. The molecule has 4 aromatic rings. The summed E-state index contributed by atoms with van der Waals surface area (Å²) in [6.45, 7) is 0.759. The highest BCUT2D eigenvalue weighted by Crippen LogP contribution is 2.17. The zero-order valence-corrected chi connectivity index (χ0v) is 17.0. The highest BCUT2D eigenvalue weighted by atomic mass is 16.5. The fourth-order valence-electron chi connectivity index (χ4n) is 3.35. The number of nitrogens with one attached hydrogen (secondary N) is 1. The minimum absolute atomic E-state index is 0.101. The van der Waals surface area contributed by atoms with Gasteiger partial charge in [-0.2, -0.15) is 5.10 Å². The zero-order valence-electron chi connectivity index (χ0n) is 17.0. The summed E-state index contributed by atoms with van der Waals surface area (Å²) < 4.78 is 12.9. The van der Waals surface area contributed by atoms with Crippen molar-refractivity contribution >= 4 is 34.1 Å². The second-order valence-corrected chi connectivity index (χ2v) is 6.79. The van der Waals surface area contributed by atoms with Gasteiger partial charge in [0.05, 0.1) is 30.3 Å². The number of hydrogen-bond donors (Lipinski definition) is 1. The number of fused-ring (bicyclic) bond motifs is 3. The van der Waals surface area contributed by atoms with E-state index in [0.717, 1.165) is 0 Å². The van der Waals surface area contributed by atoms with Crippen LogP contribution in [0.4, 0.5) is 5.69 Å². The molecule has 158 valence electrons. The molecule has 1 amide bonds. The van der Waals surface area contributed by atoms with E-state index in [9.17, 15) is 14.4 Å². The van der Waals surface area contributed by atoms with Gasteiger partial charge in [0.15, 0.2) is 5.69 Å². The van der Waals surface area contributed by atoms with Gasteiger partial charge in [-0.05, 0) is 36.4 Å². The van der Waals surface area contributed by atoms with Crippen molar-refractivity contribution in [1.29, 1.82) is 0 Å². The summed E-state index contributed by atoms with van der Waals surface area (Å²) in [6.07, 6.45) is 0. The molecule has 0 fully saturated rings. The third kappa shape index (κ3) is 3.78. The monoisotopic (exact) mass is 420 g/mol. The molecular weight excluding hydrogens is 400 g/mol. The number of carbonyl (C=O) groups excluding carboxylic acids is 2. The molecule has 0 aliphatic carbocycles. The number of aromatic nitrogens is 3. The molecule has 4 rings (SSSR count). The maximum Gasteiger partial charge on any atom is 0.337 e. The minimum Gasteiger partial charge on any atom is -0.465 e. The van der Waals surface area contributed by atoms with Gasteiger partial charge in [-0.25, -0.2) is 9.31 Å².